The lowest BCUT2D eigenvalue weighted by Gasteiger charge is -2.22. The van der Waals surface area contributed by atoms with Crippen molar-refractivity contribution in [3.63, 3.8) is 0 Å². The van der Waals surface area contributed by atoms with E-state index in [1.165, 1.54) is 0 Å². The van der Waals surface area contributed by atoms with Gasteiger partial charge in [0.25, 0.3) is 0 Å². The Hall–Kier alpha value is -0.640. The molecule has 0 fully saturated rings. The highest BCUT2D eigenvalue weighted by Crippen LogP contribution is 2.24. The second kappa shape index (κ2) is 7.72. The summed E-state index contributed by atoms with van der Waals surface area (Å²) in [6.07, 6.45) is 2.93. The van der Waals surface area contributed by atoms with Crippen molar-refractivity contribution in [1.82, 2.24) is 15.5 Å². The molecule has 0 aliphatic rings. The number of hydrogen-bond donors (Lipinski definition) is 1. The van der Waals surface area contributed by atoms with E-state index in [1.807, 2.05) is 13.8 Å². The summed E-state index contributed by atoms with van der Waals surface area (Å²) in [5, 5.41) is 21.6. The van der Waals surface area contributed by atoms with Crippen molar-refractivity contribution in [1.29, 1.82) is 5.26 Å². The molecule has 0 radical (unpaired) electrons. The minimum absolute atomic E-state index is 0.395. The third kappa shape index (κ3) is 5.34. The van der Waals surface area contributed by atoms with E-state index in [2.05, 4.69) is 28.5 Å². The van der Waals surface area contributed by atoms with Crippen LogP contribution in [0.5, 0.6) is 0 Å². The van der Waals surface area contributed by atoms with Crippen LogP contribution in [-0.4, -0.2) is 28.0 Å². The molecule has 4 nitrogen and oxygen atoms in total. The van der Waals surface area contributed by atoms with Crippen molar-refractivity contribution in [2.24, 2.45) is 0 Å². The molecule has 18 heavy (non-hydrogen) atoms. The Morgan fingerprint density at radius 3 is 2.83 bits per heavy atom. The molecule has 1 aromatic rings. The predicted molar refractivity (Wildman–Crippen MR) is 76.9 cm³/mol. The summed E-state index contributed by atoms with van der Waals surface area (Å²) in [6, 6.07) is 2.37. The third-order valence-electron chi connectivity index (χ3n) is 2.57. The van der Waals surface area contributed by atoms with Gasteiger partial charge in [-0.15, -0.1) is 10.2 Å². The molecular weight excluding hydrogens is 264 g/mol. The van der Waals surface area contributed by atoms with Gasteiger partial charge in [-0.1, -0.05) is 30.0 Å². The topological polar surface area (TPSA) is 61.6 Å². The second-order valence-corrected chi connectivity index (χ2v) is 6.93. The van der Waals surface area contributed by atoms with Gasteiger partial charge in [-0.05, 0) is 39.7 Å². The first kappa shape index (κ1) is 15.4. The summed E-state index contributed by atoms with van der Waals surface area (Å²) in [7, 11) is 0. The van der Waals surface area contributed by atoms with E-state index in [0.29, 0.717) is 0 Å². The third-order valence-corrected chi connectivity index (χ3v) is 4.62. The fraction of sp³-hybridized carbons (Fsp3) is 0.750. The summed E-state index contributed by atoms with van der Waals surface area (Å²) in [4.78, 5) is 0. The largest absolute Gasteiger partial charge is 0.300 e. The van der Waals surface area contributed by atoms with Crippen LogP contribution in [0.2, 0.25) is 0 Å². The summed E-state index contributed by atoms with van der Waals surface area (Å²) in [5.74, 6) is 0.986. The van der Waals surface area contributed by atoms with Crippen molar-refractivity contribution in [3.05, 3.63) is 5.01 Å². The lowest BCUT2D eigenvalue weighted by Crippen LogP contribution is -2.41. The zero-order valence-electron chi connectivity index (χ0n) is 11.2. The SMILES string of the molecule is CCCNC(C)(C#N)CCCSc1nnc(C)s1. The maximum atomic E-state index is 9.19. The molecule has 0 saturated heterocycles. The zero-order chi connectivity index (χ0) is 13.4. The number of aryl methyl sites for hydroxylation is 1. The van der Waals surface area contributed by atoms with E-state index in [9.17, 15) is 5.26 Å². The molecule has 100 valence electrons. The van der Waals surface area contributed by atoms with Crippen LogP contribution >= 0.6 is 23.1 Å². The molecule has 0 amide bonds. The number of nitriles is 1. The molecule has 1 rings (SSSR count). The predicted octanol–water partition coefficient (Wildman–Crippen LogP) is 3.00. The Bertz CT molecular complexity index is 399. The molecule has 0 aliphatic heterocycles. The molecule has 1 N–H and O–H groups in total. The van der Waals surface area contributed by atoms with Crippen molar-refractivity contribution < 1.29 is 0 Å². The van der Waals surface area contributed by atoms with Crippen molar-refractivity contribution in [3.8, 4) is 6.07 Å². The highest BCUT2D eigenvalue weighted by Gasteiger charge is 2.21. The lowest BCUT2D eigenvalue weighted by molar-refractivity contribution is 0.415. The number of nitrogens with zero attached hydrogens (tertiary/aromatic N) is 3. The lowest BCUT2D eigenvalue weighted by atomic mass is 9.98. The maximum absolute atomic E-state index is 9.19. The van der Waals surface area contributed by atoms with E-state index in [-0.39, 0.29) is 0 Å². The zero-order valence-corrected chi connectivity index (χ0v) is 12.8. The average molecular weight is 284 g/mol. The Morgan fingerprint density at radius 1 is 1.50 bits per heavy atom. The molecule has 0 bridgehead atoms. The molecule has 0 aromatic carbocycles. The van der Waals surface area contributed by atoms with Crippen LogP contribution in [0.25, 0.3) is 0 Å². The van der Waals surface area contributed by atoms with Gasteiger partial charge in [-0.25, -0.2) is 0 Å². The average Bonchev–Trinajstić information content (AvgIpc) is 2.78. The molecule has 6 heteroatoms. The highest BCUT2D eigenvalue weighted by molar-refractivity contribution is 8.01. The Balaban J connectivity index is 2.25. The van der Waals surface area contributed by atoms with E-state index < -0.39 is 5.54 Å². The molecule has 0 spiro atoms. The number of thioether (sulfide) groups is 1. The monoisotopic (exact) mass is 284 g/mol. The Kier molecular flexibility index (Phi) is 6.61. The summed E-state index contributed by atoms with van der Waals surface area (Å²) < 4.78 is 1.02. The molecule has 1 atom stereocenters. The van der Waals surface area contributed by atoms with Crippen LogP contribution in [-0.2, 0) is 0 Å². The van der Waals surface area contributed by atoms with Crippen LogP contribution in [0.15, 0.2) is 4.34 Å². The number of rotatable bonds is 8. The van der Waals surface area contributed by atoms with Gasteiger partial charge >= 0.3 is 0 Å². The minimum atomic E-state index is -0.395. The van der Waals surface area contributed by atoms with Crippen molar-refractivity contribution >= 4 is 23.1 Å². The van der Waals surface area contributed by atoms with Gasteiger partial charge in [0, 0.05) is 5.75 Å². The number of nitrogens with one attached hydrogen (secondary N) is 1. The minimum Gasteiger partial charge on any atom is -0.300 e. The summed E-state index contributed by atoms with van der Waals surface area (Å²) >= 11 is 3.35. The molecular formula is C12H20N4S2. The smallest absolute Gasteiger partial charge is 0.174 e. The first-order valence-corrected chi connectivity index (χ1v) is 7.99. The van der Waals surface area contributed by atoms with Gasteiger partial charge in [0.2, 0.25) is 0 Å². The standard InChI is InChI=1S/C12H20N4S2/c1-4-7-14-12(3,9-13)6-5-8-17-11-16-15-10(2)18-11/h14H,4-8H2,1-3H3. The second-order valence-electron chi connectivity index (χ2n) is 4.41. The van der Waals surface area contributed by atoms with Crippen molar-refractivity contribution in [2.75, 3.05) is 12.3 Å². The molecule has 1 heterocycles. The first-order valence-electron chi connectivity index (χ1n) is 6.19. The quantitative estimate of drug-likeness (QED) is 0.587. The molecule has 0 saturated carbocycles. The van der Waals surface area contributed by atoms with Crippen molar-refractivity contribution in [2.45, 2.75) is 49.9 Å². The van der Waals surface area contributed by atoms with Crippen LogP contribution < -0.4 is 5.32 Å². The van der Waals surface area contributed by atoms with Crippen LogP contribution in [0.4, 0.5) is 0 Å². The molecule has 1 unspecified atom stereocenters. The number of aromatic nitrogens is 2. The van der Waals surface area contributed by atoms with Crippen LogP contribution in [0.1, 0.15) is 38.1 Å². The van der Waals surface area contributed by atoms with E-state index in [0.717, 1.165) is 40.9 Å². The molecule has 1 aromatic heterocycles. The van der Waals surface area contributed by atoms with Gasteiger partial charge in [-0.3, -0.25) is 5.32 Å². The molecule has 0 aliphatic carbocycles. The highest BCUT2D eigenvalue weighted by atomic mass is 32.2. The Labute approximate surface area is 117 Å². The fourth-order valence-electron chi connectivity index (χ4n) is 1.51. The van der Waals surface area contributed by atoms with E-state index in [4.69, 9.17) is 0 Å². The van der Waals surface area contributed by atoms with Gasteiger partial charge < -0.3 is 0 Å². The van der Waals surface area contributed by atoms with E-state index in [1.54, 1.807) is 23.1 Å². The van der Waals surface area contributed by atoms with E-state index >= 15 is 0 Å². The first-order chi connectivity index (χ1) is 8.59. The summed E-state index contributed by atoms with van der Waals surface area (Å²) in [5.41, 5.74) is -0.395. The van der Waals surface area contributed by atoms with Gasteiger partial charge in [0.05, 0.1) is 6.07 Å². The number of hydrogen-bond acceptors (Lipinski definition) is 6. The van der Waals surface area contributed by atoms with Crippen LogP contribution in [0.3, 0.4) is 0 Å². The van der Waals surface area contributed by atoms with Gasteiger partial charge in [0.1, 0.15) is 10.5 Å². The fourth-order valence-corrected chi connectivity index (χ4v) is 3.33. The summed E-state index contributed by atoms with van der Waals surface area (Å²) in [6.45, 7) is 6.94. The van der Waals surface area contributed by atoms with Crippen LogP contribution in [0, 0.1) is 18.3 Å². The van der Waals surface area contributed by atoms with Gasteiger partial charge in [0.15, 0.2) is 4.34 Å². The van der Waals surface area contributed by atoms with Gasteiger partial charge in [-0.2, -0.15) is 5.26 Å². The normalized spacial score (nSPS) is 14.1. The Morgan fingerprint density at radius 2 is 2.28 bits per heavy atom. The maximum Gasteiger partial charge on any atom is 0.174 e.